The van der Waals surface area contributed by atoms with Crippen molar-refractivity contribution in [3.05, 3.63) is 76.1 Å². The summed E-state index contributed by atoms with van der Waals surface area (Å²) >= 11 is 5.97. The number of rotatable bonds is 4. The Morgan fingerprint density at radius 3 is 2.50 bits per heavy atom. The number of anilines is 1. The standard InChI is InChI=1S/C25H28ClFN2O/c1-18(2)9-12-28-13-10-25(11-14-28)17-29(23-8-7-21(27)16-22(23)25)24(30)15-19-3-5-20(26)6-4-19/h3-9,16H,10-15,17H2,1-2H3. The van der Waals surface area contributed by atoms with Gasteiger partial charge < -0.3 is 4.90 Å². The first-order valence-corrected chi connectivity index (χ1v) is 10.9. The molecule has 0 unspecified atom stereocenters. The van der Waals surface area contributed by atoms with Gasteiger partial charge in [0, 0.05) is 29.2 Å². The number of amides is 1. The third kappa shape index (κ3) is 4.30. The molecule has 0 bridgehead atoms. The van der Waals surface area contributed by atoms with Gasteiger partial charge in [0.1, 0.15) is 5.82 Å². The molecular weight excluding hydrogens is 399 g/mol. The highest BCUT2D eigenvalue weighted by Crippen LogP contribution is 2.47. The zero-order valence-corrected chi connectivity index (χ0v) is 18.4. The molecule has 2 heterocycles. The van der Waals surface area contributed by atoms with Crippen molar-refractivity contribution in [2.75, 3.05) is 31.1 Å². The fourth-order valence-electron chi connectivity index (χ4n) is 4.64. The molecule has 30 heavy (non-hydrogen) atoms. The van der Waals surface area contributed by atoms with Crippen LogP contribution in [0.25, 0.3) is 0 Å². The van der Waals surface area contributed by atoms with Gasteiger partial charge in [-0.25, -0.2) is 4.39 Å². The monoisotopic (exact) mass is 426 g/mol. The molecule has 0 radical (unpaired) electrons. The van der Waals surface area contributed by atoms with Crippen LogP contribution in [0.15, 0.2) is 54.1 Å². The van der Waals surface area contributed by atoms with E-state index in [1.54, 1.807) is 24.3 Å². The van der Waals surface area contributed by atoms with Gasteiger partial charge in [0.2, 0.25) is 5.91 Å². The summed E-state index contributed by atoms with van der Waals surface area (Å²) in [5.74, 6) is -0.180. The van der Waals surface area contributed by atoms with E-state index in [1.807, 2.05) is 17.0 Å². The van der Waals surface area contributed by atoms with Crippen LogP contribution in [0.1, 0.15) is 37.8 Å². The SMILES string of the molecule is CC(C)=CCN1CCC2(CC1)CN(C(=O)Cc1ccc(Cl)cc1)c1ccc(F)cc12. The van der Waals surface area contributed by atoms with Crippen molar-refractivity contribution in [2.45, 2.75) is 38.5 Å². The summed E-state index contributed by atoms with van der Waals surface area (Å²) in [5.41, 5.74) is 3.96. The molecule has 2 aliphatic rings. The summed E-state index contributed by atoms with van der Waals surface area (Å²) < 4.78 is 14.2. The molecule has 1 saturated heterocycles. The average Bonchev–Trinajstić information content (AvgIpc) is 3.03. The number of benzene rings is 2. The lowest BCUT2D eigenvalue weighted by Gasteiger charge is -2.39. The molecule has 2 aromatic rings. The van der Waals surface area contributed by atoms with Gasteiger partial charge in [-0.1, -0.05) is 35.4 Å². The summed E-state index contributed by atoms with van der Waals surface area (Å²) in [6.45, 7) is 7.73. The fourth-order valence-corrected chi connectivity index (χ4v) is 4.76. The molecule has 1 spiro atoms. The summed E-state index contributed by atoms with van der Waals surface area (Å²) in [6.07, 6.45) is 4.44. The highest BCUT2D eigenvalue weighted by atomic mass is 35.5. The number of carbonyl (C=O) groups is 1. The molecule has 2 aromatic carbocycles. The smallest absolute Gasteiger partial charge is 0.231 e. The lowest BCUT2D eigenvalue weighted by Crippen LogP contribution is -2.46. The fraction of sp³-hybridized carbons (Fsp3) is 0.400. The molecule has 0 aromatic heterocycles. The molecule has 0 atom stereocenters. The first-order valence-electron chi connectivity index (χ1n) is 10.6. The number of piperidine rings is 1. The van der Waals surface area contributed by atoms with Crippen molar-refractivity contribution in [2.24, 2.45) is 0 Å². The van der Waals surface area contributed by atoms with E-state index in [9.17, 15) is 9.18 Å². The van der Waals surface area contributed by atoms with Gasteiger partial charge in [0.05, 0.1) is 6.42 Å². The number of halogens is 2. The van der Waals surface area contributed by atoms with Gasteiger partial charge >= 0.3 is 0 Å². The van der Waals surface area contributed by atoms with Crippen LogP contribution in [0.2, 0.25) is 5.02 Å². The Balaban J connectivity index is 1.55. The van der Waals surface area contributed by atoms with Crippen molar-refractivity contribution in [3.63, 3.8) is 0 Å². The minimum absolute atomic E-state index is 0.0500. The highest BCUT2D eigenvalue weighted by molar-refractivity contribution is 6.30. The van der Waals surface area contributed by atoms with E-state index in [-0.39, 0.29) is 17.1 Å². The maximum absolute atomic E-state index is 14.2. The molecule has 2 aliphatic heterocycles. The maximum Gasteiger partial charge on any atom is 0.231 e. The normalized spacial score (nSPS) is 17.8. The summed E-state index contributed by atoms with van der Waals surface area (Å²) in [7, 11) is 0. The van der Waals surface area contributed by atoms with Gasteiger partial charge in [-0.3, -0.25) is 9.69 Å². The largest absolute Gasteiger partial charge is 0.311 e. The van der Waals surface area contributed by atoms with Crippen LogP contribution in [-0.4, -0.2) is 37.0 Å². The molecule has 158 valence electrons. The number of hydrogen-bond donors (Lipinski definition) is 0. The Morgan fingerprint density at radius 1 is 1.13 bits per heavy atom. The van der Waals surface area contributed by atoms with Crippen molar-refractivity contribution < 1.29 is 9.18 Å². The minimum Gasteiger partial charge on any atom is -0.311 e. The van der Waals surface area contributed by atoms with Crippen LogP contribution in [0.3, 0.4) is 0 Å². The van der Waals surface area contributed by atoms with Crippen LogP contribution in [0.4, 0.5) is 10.1 Å². The second kappa shape index (κ2) is 8.52. The van der Waals surface area contributed by atoms with Gasteiger partial charge in [-0.15, -0.1) is 0 Å². The van der Waals surface area contributed by atoms with Gasteiger partial charge in [0.25, 0.3) is 0 Å². The molecule has 1 fully saturated rings. The Morgan fingerprint density at radius 2 is 1.83 bits per heavy atom. The lowest BCUT2D eigenvalue weighted by atomic mass is 9.74. The number of allylic oxidation sites excluding steroid dienone is 1. The first-order chi connectivity index (χ1) is 14.4. The number of carbonyl (C=O) groups excluding carboxylic acids is 1. The quantitative estimate of drug-likeness (QED) is 0.614. The minimum atomic E-state index is -0.230. The Hall–Kier alpha value is -2.17. The molecule has 0 aliphatic carbocycles. The second-order valence-corrected chi connectivity index (χ2v) is 9.24. The molecule has 4 rings (SSSR count). The topological polar surface area (TPSA) is 23.6 Å². The van der Waals surface area contributed by atoms with Crippen LogP contribution in [0.5, 0.6) is 0 Å². The van der Waals surface area contributed by atoms with Crippen LogP contribution in [0, 0.1) is 5.82 Å². The van der Waals surface area contributed by atoms with Crippen LogP contribution >= 0.6 is 11.6 Å². The van der Waals surface area contributed by atoms with E-state index in [0.29, 0.717) is 18.0 Å². The number of fused-ring (bicyclic) bond motifs is 2. The van der Waals surface area contributed by atoms with Gasteiger partial charge in [0.15, 0.2) is 0 Å². The second-order valence-electron chi connectivity index (χ2n) is 8.81. The zero-order chi connectivity index (χ0) is 21.3. The van der Waals surface area contributed by atoms with E-state index < -0.39 is 0 Å². The molecule has 5 heteroatoms. The van der Waals surface area contributed by atoms with Crippen molar-refractivity contribution in [1.29, 1.82) is 0 Å². The molecule has 0 saturated carbocycles. The Bertz CT molecular complexity index is 958. The third-order valence-electron chi connectivity index (χ3n) is 6.42. The average molecular weight is 427 g/mol. The van der Waals surface area contributed by atoms with E-state index in [0.717, 1.165) is 49.3 Å². The predicted octanol–water partition coefficient (Wildman–Crippen LogP) is 5.37. The predicted molar refractivity (Wildman–Crippen MR) is 121 cm³/mol. The Kier molecular flexibility index (Phi) is 5.99. The number of likely N-dealkylation sites (tertiary alicyclic amines) is 1. The summed E-state index contributed by atoms with van der Waals surface area (Å²) in [6, 6.07) is 12.3. The van der Waals surface area contributed by atoms with E-state index in [4.69, 9.17) is 11.6 Å². The molecular formula is C25H28ClFN2O. The van der Waals surface area contributed by atoms with Gasteiger partial charge in [-0.05, 0) is 81.2 Å². The van der Waals surface area contributed by atoms with Crippen LogP contribution < -0.4 is 4.90 Å². The van der Waals surface area contributed by atoms with Crippen LogP contribution in [-0.2, 0) is 16.6 Å². The zero-order valence-electron chi connectivity index (χ0n) is 17.6. The maximum atomic E-state index is 14.2. The third-order valence-corrected chi connectivity index (χ3v) is 6.67. The summed E-state index contributed by atoms with van der Waals surface area (Å²) in [5, 5.41) is 0.659. The molecule has 3 nitrogen and oxygen atoms in total. The van der Waals surface area contributed by atoms with Crippen molar-refractivity contribution in [3.8, 4) is 0 Å². The Labute approximate surface area is 183 Å². The van der Waals surface area contributed by atoms with E-state index >= 15 is 0 Å². The lowest BCUT2D eigenvalue weighted by molar-refractivity contribution is -0.118. The van der Waals surface area contributed by atoms with Crippen molar-refractivity contribution in [1.82, 2.24) is 4.90 Å². The number of nitrogens with zero attached hydrogens (tertiary/aromatic N) is 2. The molecule has 0 N–H and O–H groups in total. The van der Waals surface area contributed by atoms with E-state index in [1.165, 1.54) is 11.6 Å². The van der Waals surface area contributed by atoms with Gasteiger partial charge in [-0.2, -0.15) is 0 Å². The molecule has 1 amide bonds. The van der Waals surface area contributed by atoms with Crippen molar-refractivity contribution >= 4 is 23.2 Å². The highest BCUT2D eigenvalue weighted by Gasteiger charge is 2.46. The summed E-state index contributed by atoms with van der Waals surface area (Å²) in [4.78, 5) is 17.5. The van der Waals surface area contributed by atoms with E-state index in [2.05, 4.69) is 24.8 Å². The number of hydrogen-bond acceptors (Lipinski definition) is 2. The first kappa shape index (κ1) is 21.1.